The molecule has 1 aromatic carbocycles. The molecule has 1 heterocycles. The predicted octanol–water partition coefficient (Wildman–Crippen LogP) is 2.28. The molecule has 76 valence electrons. The molecule has 2 aromatic rings. The summed E-state index contributed by atoms with van der Waals surface area (Å²) < 4.78 is 0. The first kappa shape index (κ1) is 9.73. The van der Waals surface area contributed by atoms with Crippen molar-refractivity contribution in [3.8, 4) is 11.1 Å². The van der Waals surface area contributed by atoms with E-state index in [0.717, 1.165) is 11.1 Å². The van der Waals surface area contributed by atoms with Crippen LogP contribution in [0.5, 0.6) is 0 Å². The fraction of sp³-hybridized carbons (Fsp3) is 0. The summed E-state index contributed by atoms with van der Waals surface area (Å²) in [4.78, 5) is 0. The Hall–Kier alpha value is -1.81. The zero-order valence-corrected chi connectivity index (χ0v) is 8.84. The highest BCUT2D eigenvalue weighted by Crippen LogP contribution is 2.25. The summed E-state index contributed by atoms with van der Waals surface area (Å²) in [6.45, 7) is 0. The average Bonchev–Trinajstić information content (AvgIpc) is 2.71. The zero-order chi connectivity index (χ0) is 10.8. The van der Waals surface area contributed by atoms with Crippen molar-refractivity contribution < 1.29 is 0 Å². The molecule has 0 aliphatic carbocycles. The lowest BCUT2D eigenvalue weighted by atomic mass is 10.0. The summed E-state index contributed by atoms with van der Waals surface area (Å²) in [7, 11) is 0. The molecule has 0 saturated carbocycles. The Labute approximate surface area is 91.9 Å². The van der Waals surface area contributed by atoms with Gasteiger partial charge in [0, 0.05) is 11.3 Å². The van der Waals surface area contributed by atoms with Crippen LogP contribution < -0.4 is 11.5 Å². The van der Waals surface area contributed by atoms with Crippen LogP contribution in [-0.2, 0) is 0 Å². The highest BCUT2D eigenvalue weighted by atomic mass is 32.1. The molecule has 4 heteroatoms. The first-order valence-electron chi connectivity index (χ1n) is 4.45. The molecule has 5 N–H and O–H groups in total. The molecule has 0 amide bonds. The van der Waals surface area contributed by atoms with Crippen molar-refractivity contribution in [1.82, 2.24) is 0 Å². The third kappa shape index (κ3) is 1.85. The Kier molecular flexibility index (Phi) is 2.43. The fourth-order valence-corrected chi connectivity index (χ4v) is 2.06. The standard InChI is InChI=1S/C11H11N3S/c12-10-2-1-7(5-9(10)11(13)14)8-3-4-15-6-8/h1-6H,12H2,(H3,13,14). The van der Waals surface area contributed by atoms with Gasteiger partial charge in [-0.15, -0.1) is 0 Å². The molecule has 1 aromatic heterocycles. The van der Waals surface area contributed by atoms with Crippen molar-refractivity contribution in [3.63, 3.8) is 0 Å². The van der Waals surface area contributed by atoms with E-state index in [9.17, 15) is 0 Å². The van der Waals surface area contributed by atoms with E-state index in [1.165, 1.54) is 0 Å². The molecule has 0 saturated heterocycles. The lowest BCUT2D eigenvalue weighted by molar-refractivity contribution is 1.42. The molecule has 15 heavy (non-hydrogen) atoms. The maximum absolute atomic E-state index is 7.40. The lowest BCUT2D eigenvalue weighted by Gasteiger charge is -2.05. The number of anilines is 1. The molecule has 0 fully saturated rings. The summed E-state index contributed by atoms with van der Waals surface area (Å²) in [6.07, 6.45) is 0. The smallest absolute Gasteiger partial charge is 0.124 e. The van der Waals surface area contributed by atoms with E-state index < -0.39 is 0 Å². The predicted molar refractivity (Wildman–Crippen MR) is 65.2 cm³/mol. The van der Waals surface area contributed by atoms with Crippen LogP contribution >= 0.6 is 11.3 Å². The third-order valence-corrected chi connectivity index (χ3v) is 2.88. The first-order valence-corrected chi connectivity index (χ1v) is 5.39. The molecule has 0 aliphatic rings. The monoisotopic (exact) mass is 217 g/mol. The van der Waals surface area contributed by atoms with E-state index in [1.807, 2.05) is 23.6 Å². The minimum absolute atomic E-state index is 0.00424. The van der Waals surface area contributed by atoms with Gasteiger partial charge in [-0.05, 0) is 40.1 Å². The molecule has 2 rings (SSSR count). The van der Waals surface area contributed by atoms with E-state index in [-0.39, 0.29) is 5.84 Å². The van der Waals surface area contributed by atoms with Crippen molar-refractivity contribution in [2.24, 2.45) is 5.73 Å². The van der Waals surface area contributed by atoms with Gasteiger partial charge in [0.15, 0.2) is 0 Å². The molecule has 0 spiro atoms. The Morgan fingerprint density at radius 3 is 2.60 bits per heavy atom. The van der Waals surface area contributed by atoms with E-state index in [0.29, 0.717) is 11.3 Å². The van der Waals surface area contributed by atoms with Crippen LogP contribution in [0.2, 0.25) is 0 Å². The number of rotatable bonds is 2. The maximum atomic E-state index is 7.40. The maximum Gasteiger partial charge on any atom is 0.124 e. The topological polar surface area (TPSA) is 75.9 Å². The summed E-state index contributed by atoms with van der Waals surface area (Å²) in [5.41, 5.74) is 14.5. The Balaban J connectivity index is 2.52. The number of amidine groups is 1. The van der Waals surface area contributed by atoms with Crippen LogP contribution in [0, 0.1) is 5.41 Å². The number of nitrogens with two attached hydrogens (primary N) is 2. The highest BCUT2D eigenvalue weighted by Gasteiger charge is 2.05. The van der Waals surface area contributed by atoms with Crippen molar-refractivity contribution >= 4 is 22.9 Å². The number of thiophene rings is 1. The molecule has 0 aliphatic heterocycles. The summed E-state index contributed by atoms with van der Waals surface area (Å²) in [5, 5.41) is 11.5. The second-order valence-electron chi connectivity index (χ2n) is 3.23. The number of nitrogen functional groups attached to an aromatic ring is 2. The van der Waals surface area contributed by atoms with E-state index in [1.54, 1.807) is 17.4 Å². The number of hydrogen-bond donors (Lipinski definition) is 3. The van der Waals surface area contributed by atoms with Gasteiger partial charge >= 0.3 is 0 Å². The minimum atomic E-state index is 0.00424. The van der Waals surface area contributed by atoms with Crippen LogP contribution in [0.25, 0.3) is 11.1 Å². The van der Waals surface area contributed by atoms with E-state index in [4.69, 9.17) is 16.9 Å². The van der Waals surface area contributed by atoms with Gasteiger partial charge in [-0.2, -0.15) is 11.3 Å². The number of hydrogen-bond acceptors (Lipinski definition) is 3. The molecule has 0 bridgehead atoms. The second-order valence-corrected chi connectivity index (χ2v) is 4.01. The largest absolute Gasteiger partial charge is 0.398 e. The van der Waals surface area contributed by atoms with E-state index >= 15 is 0 Å². The van der Waals surface area contributed by atoms with Gasteiger partial charge in [-0.25, -0.2) is 0 Å². The average molecular weight is 217 g/mol. The van der Waals surface area contributed by atoms with Gasteiger partial charge in [-0.1, -0.05) is 6.07 Å². The summed E-state index contributed by atoms with van der Waals surface area (Å²) >= 11 is 1.64. The molecule has 0 atom stereocenters. The molecule has 0 unspecified atom stereocenters. The summed E-state index contributed by atoms with van der Waals surface area (Å²) in [5.74, 6) is 0.00424. The molecular weight excluding hydrogens is 206 g/mol. The van der Waals surface area contributed by atoms with Gasteiger partial charge in [-0.3, -0.25) is 5.41 Å². The van der Waals surface area contributed by atoms with E-state index in [2.05, 4.69) is 5.38 Å². The van der Waals surface area contributed by atoms with Crippen LogP contribution in [0.1, 0.15) is 5.56 Å². The van der Waals surface area contributed by atoms with Gasteiger partial charge < -0.3 is 11.5 Å². The van der Waals surface area contributed by atoms with Crippen LogP contribution in [-0.4, -0.2) is 5.84 Å². The first-order chi connectivity index (χ1) is 7.18. The van der Waals surface area contributed by atoms with Gasteiger partial charge in [0.25, 0.3) is 0 Å². The second kappa shape index (κ2) is 3.74. The van der Waals surface area contributed by atoms with Crippen LogP contribution in [0.15, 0.2) is 35.0 Å². The van der Waals surface area contributed by atoms with Gasteiger partial charge in [0.05, 0.1) is 0 Å². The summed E-state index contributed by atoms with van der Waals surface area (Å²) in [6, 6.07) is 7.59. The fourth-order valence-electron chi connectivity index (χ4n) is 1.40. The van der Waals surface area contributed by atoms with Crippen molar-refractivity contribution in [2.45, 2.75) is 0 Å². The number of nitrogens with one attached hydrogen (secondary N) is 1. The van der Waals surface area contributed by atoms with Crippen molar-refractivity contribution in [2.75, 3.05) is 5.73 Å². The molecular formula is C11H11N3S. The highest BCUT2D eigenvalue weighted by molar-refractivity contribution is 7.08. The molecule has 3 nitrogen and oxygen atoms in total. The quantitative estimate of drug-likeness (QED) is 0.410. The van der Waals surface area contributed by atoms with Crippen LogP contribution in [0.3, 0.4) is 0 Å². The minimum Gasteiger partial charge on any atom is -0.398 e. The van der Waals surface area contributed by atoms with Crippen molar-refractivity contribution in [1.29, 1.82) is 5.41 Å². The Bertz CT molecular complexity index is 489. The Morgan fingerprint density at radius 1 is 1.20 bits per heavy atom. The third-order valence-electron chi connectivity index (χ3n) is 2.20. The van der Waals surface area contributed by atoms with Gasteiger partial charge in [0.2, 0.25) is 0 Å². The van der Waals surface area contributed by atoms with Crippen LogP contribution in [0.4, 0.5) is 5.69 Å². The molecule has 0 radical (unpaired) electrons. The van der Waals surface area contributed by atoms with Gasteiger partial charge in [0.1, 0.15) is 5.84 Å². The Morgan fingerprint density at radius 2 is 2.00 bits per heavy atom. The normalized spacial score (nSPS) is 10.1. The van der Waals surface area contributed by atoms with Crippen molar-refractivity contribution in [3.05, 3.63) is 40.6 Å². The SMILES string of the molecule is N=C(N)c1cc(-c2ccsc2)ccc1N. The number of benzene rings is 1. The lowest BCUT2D eigenvalue weighted by Crippen LogP contribution is -2.13. The zero-order valence-electron chi connectivity index (χ0n) is 8.03.